The number of hydrogen-bond donors (Lipinski definition) is 0. The highest BCUT2D eigenvalue weighted by molar-refractivity contribution is 5.53. The molecule has 2 aromatic heterocycles. The van der Waals surface area contributed by atoms with Crippen LogP contribution in [0.25, 0.3) is 11.5 Å². The summed E-state index contributed by atoms with van der Waals surface area (Å²) in [7, 11) is 0. The first-order valence-corrected chi connectivity index (χ1v) is 6.69. The number of hydrogen-bond acceptors (Lipinski definition) is 7. The van der Waals surface area contributed by atoms with E-state index in [4.69, 9.17) is 14.9 Å². The number of halogens is 1. The van der Waals surface area contributed by atoms with Gasteiger partial charge in [-0.3, -0.25) is 0 Å². The van der Waals surface area contributed by atoms with E-state index in [2.05, 4.69) is 15.2 Å². The van der Waals surface area contributed by atoms with Crippen molar-refractivity contribution in [2.45, 2.75) is 18.5 Å². The molecule has 1 aliphatic rings. The van der Waals surface area contributed by atoms with Gasteiger partial charge in [0.05, 0.1) is 6.54 Å². The van der Waals surface area contributed by atoms with Crippen LogP contribution in [0, 0.1) is 22.8 Å². The van der Waals surface area contributed by atoms with E-state index in [9.17, 15) is 4.39 Å². The van der Waals surface area contributed by atoms with Crippen LogP contribution in [0.15, 0.2) is 22.7 Å². The molecule has 1 saturated heterocycles. The average Bonchev–Trinajstić information content (AvgIpc) is 3.06. The molecule has 0 aliphatic carbocycles. The Morgan fingerprint density at radius 3 is 3.00 bits per heavy atom. The molecule has 0 radical (unpaired) electrons. The third-order valence-corrected chi connectivity index (χ3v) is 3.51. The minimum atomic E-state index is -1.83. The van der Waals surface area contributed by atoms with Crippen molar-refractivity contribution in [3.05, 3.63) is 29.9 Å². The highest BCUT2D eigenvalue weighted by Crippen LogP contribution is 2.35. The second kappa shape index (κ2) is 5.41. The number of pyridine rings is 1. The summed E-state index contributed by atoms with van der Waals surface area (Å²) in [5, 5.41) is 25.4. The lowest BCUT2D eigenvalue weighted by Crippen LogP contribution is -2.41. The molecule has 1 fully saturated rings. The van der Waals surface area contributed by atoms with Crippen LogP contribution in [0.4, 0.5) is 4.39 Å². The second-order valence-corrected chi connectivity index (χ2v) is 5.04. The first kappa shape index (κ1) is 14.0. The van der Waals surface area contributed by atoms with Gasteiger partial charge in [0.2, 0.25) is 11.6 Å². The van der Waals surface area contributed by atoms with Crippen molar-refractivity contribution in [3.63, 3.8) is 0 Å². The van der Waals surface area contributed by atoms with E-state index in [0.29, 0.717) is 18.5 Å². The maximum atomic E-state index is 15.0. The summed E-state index contributed by atoms with van der Waals surface area (Å²) in [6, 6.07) is 5.00. The molecule has 0 saturated carbocycles. The van der Waals surface area contributed by atoms with Crippen LogP contribution in [-0.2, 0) is 5.67 Å². The summed E-state index contributed by atoms with van der Waals surface area (Å²) in [4.78, 5) is 5.19. The summed E-state index contributed by atoms with van der Waals surface area (Å²) in [6.45, 7) is 0.434. The largest absolute Gasteiger partial charge is 0.417 e. The number of aromatic nitrogens is 3. The van der Waals surface area contributed by atoms with Gasteiger partial charge in [-0.25, -0.2) is 9.37 Å². The van der Waals surface area contributed by atoms with Gasteiger partial charge in [0.15, 0.2) is 6.19 Å². The quantitative estimate of drug-likeness (QED) is 0.778. The zero-order valence-corrected chi connectivity index (χ0v) is 11.5. The van der Waals surface area contributed by atoms with E-state index in [1.165, 1.54) is 17.2 Å². The van der Waals surface area contributed by atoms with Gasteiger partial charge in [0.25, 0.3) is 5.89 Å². The highest BCUT2D eigenvalue weighted by atomic mass is 19.1. The zero-order chi connectivity index (χ0) is 15.6. The van der Waals surface area contributed by atoms with Crippen LogP contribution in [0.2, 0.25) is 0 Å². The Kier molecular flexibility index (Phi) is 3.43. The molecule has 1 aliphatic heterocycles. The molecule has 8 heteroatoms. The lowest BCUT2D eigenvalue weighted by atomic mass is 9.95. The Bertz CT molecular complexity index is 776. The molecule has 3 rings (SSSR count). The van der Waals surface area contributed by atoms with Crippen LogP contribution in [0.1, 0.15) is 24.4 Å². The van der Waals surface area contributed by atoms with Gasteiger partial charge >= 0.3 is 0 Å². The van der Waals surface area contributed by atoms with E-state index in [1.54, 1.807) is 6.07 Å². The van der Waals surface area contributed by atoms with Crippen molar-refractivity contribution in [3.8, 4) is 23.7 Å². The van der Waals surface area contributed by atoms with Gasteiger partial charge in [0, 0.05) is 18.3 Å². The molecule has 0 N–H and O–H groups in total. The van der Waals surface area contributed by atoms with Crippen LogP contribution in [0.3, 0.4) is 0 Å². The standard InChI is InChI=1S/C14H11FN6O/c15-14(3-1-5-21(8-14)9-17)13-20-19-12(22-13)10-2-4-18-11(6-10)7-16/h2,4,6H,1,3,5,8H2/t14-/m1/s1. The normalized spacial score (nSPS) is 21.1. The number of piperidine rings is 1. The summed E-state index contributed by atoms with van der Waals surface area (Å²) in [5.74, 6) is -0.0159. The Morgan fingerprint density at radius 2 is 2.23 bits per heavy atom. The summed E-state index contributed by atoms with van der Waals surface area (Å²) >= 11 is 0. The lowest BCUT2D eigenvalue weighted by Gasteiger charge is -2.31. The van der Waals surface area contributed by atoms with E-state index in [1.807, 2.05) is 12.3 Å². The van der Waals surface area contributed by atoms with E-state index < -0.39 is 5.67 Å². The molecule has 0 spiro atoms. The third kappa shape index (κ3) is 2.47. The minimum Gasteiger partial charge on any atom is -0.417 e. The lowest BCUT2D eigenvalue weighted by molar-refractivity contribution is 0.0439. The van der Waals surface area contributed by atoms with Crippen molar-refractivity contribution in [2.75, 3.05) is 13.1 Å². The van der Waals surface area contributed by atoms with Crippen LogP contribution >= 0.6 is 0 Å². The molecule has 0 bridgehead atoms. The SMILES string of the molecule is N#Cc1cc(-c2nnc([C@@]3(F)CCCN(C#N)C3)o2)ccn1. The predicted octanol–water partition coefficient (Wildman–Crippen LogP) is 1.74. The highest BCUT2D eigenvalue weighted by Gasteiger charge is 2.42. The van der Waals surface area contributed by atoms with Crippen LogP contribution in [-0.4, -0.2) is 33.2 Å². The summed E-state index contributed by atoms with van der Waals surface area (Å²) in [5.41, 5.74) is -1.12. The maximum absolute atomic E-state index is 15.0. The van der Waals surface area contributed by atoms with Crippen molar-refractivity contribution in [1.29, 1.82) is 10.5 Å². The van der Waals surface area contributed by atoms with Crippen LogP contribution in [0.5, 0.6) is 0 Å². The van der Waals surface area contributed by atoms with Gasteiger partial charge in [0.1, 0.15) is 11.8 Å². The van der Waals surface area contributed by atoms with Gasteiger partial charge in [-0.2, -0.15) is 10.5 Å². The fraction of sp³-hybridized carbons (Fsp3) is 0.357. The van der Waals surface area contributed by atoms with Crippen molar-refractivity contribution >= 4 is 0 Å². The van der Waals surface area contributed by atoms with E-state index >= 15 is 0 Å². The smallest absolute Gasteiger partial charge is 0.255 e. The fourth-order valence-corrected chi connectivity index (χ4v) is 2.42. The van der Waals surface area contributed by atoms with E-state index in [-0.39, 0.29) is 30.4 Å². The predicted molar refractivity (Wildman–Crippen MR) is 71.5 cm³/mol. The second-order valence-electron chi connectivity index (χ2n) is 5.04. The van der Waals surface area contributed by atoms with Crippen molar-refractivity contribution in [1.82, 2.24) is 20.1 Å². The monoisotopic (exact) mass is 298 g/mol. The topological polar surface area (TPSA) is 103 Å². The van der Waals surface area contributed by atoms with Gasteiger partial charge in [-0.15, -0.1) is 10.2 Å². The summed E-state index contributed by atoms with van der Waals surface area (Å²) in [6.07, 6.45) is 4.15. The third-order valence-electron chi connectivity index (χ3n) is 3.51. The number of nitrogens with zero attached hydrogens (tertiary/aromatic N) is 6. The Hall–Kier alpha value is -3.00. The number of nitriles is 2. The molecule has 2 aromatic rings. The van der Waals surface area contributed by atoms with Gasteiger partial charge in [-0.05, 0) is 25.0 Å². The Morgan fingerprint density at radius 1 is 1.36 bits per heavy atom. The Balaban J connectivity index is 1.90. The zero-order valence-electron chi connectivity index (χ0n) is 11.5. The molecule has 0 amide bonds. The first-order valence-electron chi connectivity index (χ1n) is 6.69. The molecule has 22 heavy (non-hydrogen) atoms. The molecule has 7 nitrogen and oxygen atoms in total. The molecular weight excluding hydrogens is 287 g/mol. The van der Waals surface area contributed by atoms with Crippen molar-refractivity contribution in [2.24, 2.45) is 0 Å². The fourth-order valence-electron chi connectivity index (χ4n) is 2.42. The van der Waals surface area contributed by atoms with E-state index in [0.717, 1.165) is 0 Å². The molecule has 3 heterocycles. The summed E-state index contributed by atoms with van der Waals surface area (Å²) < 4.78 is 20.4. The Labute approximate surface area is 125 Å². The molecular formula is C14H11FN6O. The van der Waals surface area contributed by atoms with Gasteiger partial charge < -0.3 is 9.32 Å². The number of likely N-dealkylation sites (tertiary alicyclic amines) is 1. The number of rotatable bonds is 2. The minimum absolute atomic E-state index is 0.0923. The van der Waals surface area contributed by atoms with Gasteiger partial charge in [-0.1, -0.05) is 0 Å². The molecule has 110 valence electrons. The first-order chi connectivity index (χ1) is 10.6. The molecule has 1 atom stereocenters. The number of alkyl halides is 1. The molecule has 0 unspecified atom stereocenters. The average molecular weight is 298 g/mol. The van der Waals surface area contributed by atoms with Crippen molar-refractivity contribution < 1.29 is 8.81 Å². The maximum Gasteiger partial charge on any atom is 0.255 e. The molecule has 0 aromatic carbocycles. The van der Waals surface area contributed by atoms with Crippen LogP contribution < -0.4 is 0 Å².